The zero-order valence-electron chi connectivity index (χ0n) is 13.2. The average Bonchev–Trinajstić information content (AvgIpc) is 2.72. The van der Waals surface area contributed by atoms with Crippen LogP contribution < -0.4 is 4.74 Å². The Morgan fingerprint density at radius 1 is 1.27 bits per heavy atom. The van der Waals surface area contributed by atoms with Crippen molar-refractivity contribution in [3.05, 3.63) is 29.8 Å². The summed E-state index contributed by atoms with van der Waals surface area (Å²) in [5.41, 5.74) is 0.166. The highest BCUT2D eigenvalue weighted by atomic mass is 16.5. The van der Waals surface area contributed by atoms with Crippen molar-refractivity contribution in [2.24, 2.45) is 0 Å². The molecule has 5 heteroatoms. The number of hydrogen-bond acceptors (Lipinski definition) is 4. The Hall–Kier alpha value is -1.88. The van der Waals surface area contributed by atoms with Gasteiger partial charge in [-0.1, -0.05) is 18.2 Å². The number of hydrogen-bond donors (Lipinski definition) is 0. The van der Waals surface area contributed by atoms with E-state index in [0.717, 1.165) is 24.3 Å². The van der Waals surface area contributed by atoms with Crippen LogP contribution in [0, 0.1) is 0 Å². The highest BCUT2D eigenvalue weighted by Crippen LogP contribution is 2.46. The van der Waals surface area contributed by atoms with E-state index >= 15 is 0 Å². The van der Waals surface area contributed by atoms with Crippen molar-refractivity contribution < 1.29 is 14.3 Å². The smallest absolute Gasteiger partial charge is 0.240 e. The van der Waals surface area contributed by atoms with E-state index in [2.05, 4.69) is 4.90 Å². The molecule has 0 bridgehead atoms. The molecular formula is C17H22N2O3. The predicted octanol–water partition coefficient (Wildman–Crippen LogP) is 1.42. The van der Waals surface area contributed by atoms with Crippen LogP contribution in [-0.4, -0.2) is 55.4 Å². The number of fused-ring (bicyclic) bond motifs is 2. The molecular weight excluding hydrogens is 280 g/mol. The van der Waals surface area contributed by atoms with Gasteiger partial charge in [0.2, 0.25) is 11.8 Å². The molecule has 118 valence electrons. The molecule has 1 atom stereocenters. The second-order valence-electron chi connectivity index (χ2n) is 6.36. The van der Waals surface area contributed by atoms with Gasteiger partial charge in [-0.3, -0.25) is 14.5 Å². The van der Waals surface area contributed by atoms with Crippen molar-refractivity contribution in [3.8, 4) is 5.75 Å². The van der Waals surface area contributed by atoms with Gasteiger partial charge >= 0.3 is 0 Å². The van der Waals surface area contributed by atoms with E-state index in [9.17, 15) is 9.59 Å². The summed E-state index contributed by atoms with van der Waals surface area (Å²) in [5, 5.41) is 0. The largest absolute Gasteiger partial charge is 0.493 e. The molecule has 2 aliphatic heterocycles. The van der Waals surface area contributed by atoms with E-state index < -0.39 is 5.41 Å². The summed E-state index contributed by atoms with van der Waals surface area (Å²) in [6, 6.07) is 7.60. The maximum absolute atomic E-state index is 13.0. The minimum atomic E-state index is -0.704. The SMILES string of the molecule is CN(C)CCCN1C(=O)CC2(CCOc3ccccc32)C1=O. The van der Waals surface area contributed by atoms with Crippen LogP contribution in [0.3, 0.4) is 0 Å². The molecule has 0 aliphatic carbocycles. The summed E-state index contributed by atoms with van der Waals surface area (Å²) in [4.78, 5) is 28.9. The van der Waals surface area contributed by atoms with Crippen LogP contribution in [0.4, 0.5) is 0 Å². The molecule has 0 radical (unpaired) electrons. The van der Waals surface area contributed by atoms with Gasteiger partial charge < -0.3 is 9.64 Å². The maximum Gasteiger partial charge on any atom is 0.240 e. The maximum atomic E-state index is 13.0. The monoisotopic (exact) mass is 302 g/mol. The van der Waals surface area contributed by atoms with Crippen LogP contribution in [0.1, 0.15) is 24.8 Å². The van der Waals surface area contributed by atoms with Gasteiger partial charge in [-0.15, -0.1) is 0 Å². The highest BCUT2D eigenvalue weighted by Gasteiger charge is 2.54. The van der Waals surface area contributed by atoms with Gasteiger partial charge in [-0.05, 0) is 33.1 Å². The van der Waals surface area contributed by atoms with E-state index in [4.69, 9.17) is 4.74 Å². The third kappa shape index (κ3) is 2.39. The van der Waals surface area contributed by atoms with Crippen molar-refractivity contribution in [1.82, 2.24) is 9.80 Å². The molecule has 1 saturated heterocycles. The number of carbonyl (C=O) groups excluding carboxylic acids is 2. The number of carbonyl (C=O) groups is 2. The average molecular weight is 302 g/mol. The molecule has 5 nitrogen and oxygen atoms in total. The number of benzene rings is 1. The second-order valence-corrected chi connectivity index (χ2v) is 6.36. The highest BCUT2D eigenvalue weighted by molar-refractivity contribution is 6.09. The van der Waals surface area contributed by atoms with Gasteiger partial charge in [0, 0.05) is 24.9 Å². The van der Waals surface area contributed by atoms with E-state index in [0.29, 0.717) is 19.6 Å². The van der Waals surface area contributed by atoms with Gasteiger partial charge in [-0.2, -0.15) is 0 Å². The Bertz CT molecular complexity index is 599. The number of rotatable bonds is 4. The number of ether oxygens (including phenoxy) is 1. The van der Waals surface area contributed by atoms with E-state index in [1.165, 1.54) is 4.90 Å². The summed E-state index contributed by atoms with van der Waals surface area (Å²) in [6.45, 7) is 1.85. The van der Waals surface area contributed by atoms with Crippen LogP contribution in [0.25, 0.3) is 0 Å². The van der Waals surface area contributed by atoms with E-state index in [1.807, 2.05) is 38.4 Å². The lowest BCUT2D eigenvalue weighted by Crippen LogP contribution is -2.42. The van der Waals surface area contributed by atoms with Crippen LogP contribution in [0.2, 0.25) is 0 Å². The Morgan fingerprint density at radius 2 is 2.05 bits per heavy atom. The first-order valence-corrected chi connectivity index (χ1v) is 7.76. The summed E-state index contributed by atoms with van der Waals surface area (Å²) in [5.74, 6) is 0.637. The predicted molar refractivity (Wildman–Crippen MR) is 82.7 cm³/mol. The first-order valence-electron chi connectivity index (χ1n) is 7.76. The fourth-order valence-electron chi connectivity index (χ4n) is 3.44. The second kappa shape index (κ2) is 5.72. The van der Waals surface area contributed by atoms with Crippen LogP contribution >= 0.6 is 0 Å². The molecule has 1 aromatic rings. The molecule has 0 saturated carbocycles. The zero-order valence-corrected chi connectivity index (χ0v) is 13.2. The minimum absolute atomic E-state index is 0.0491. The van der Waals surface area contributed by atoms with Gasteiger partial charge in [0.1, 0.15) is 5.75 Å². The standard InChI is InChI=1S/C17H22N2O3/c1-18(2)9-5-10-19-15(20)12-17(16(19)21)8-11-22-14-7-4-3-6-13(14)17/h3-4,6-7H,5,8-12H2,1-2H3. The molecule has 1 unspecified atom stereocenters. The van der Waals surface area contributed by atoms with Crippen LogP contribution in [0.5, 0.6) is 5.75 Å². The third-order valence-corrected chi connectivity index (χ3v) is 4.58. The number of likely N-dealkylation sites (tertiary alicyclic amines) is 1. The Kier molecular flexibility index (Phi) is 3.91. The summed E-state index contributed by atoms with van der Waals surface area (Å²) < 4.78 is 5.65. The number of nitrogens with zero attached hydrogens (tertiary/aromatic N) is 2. The van der Waals surface area contributed by atoms with Crippen molar-refractivity contribution in [2.75, 3.05) is 33.8 Å². The van der Waals surface area contributed by atoms with Crippen molar-refractivity contribution in [1.29, 1.82) is 0 Å². The zero-order chi connectivity index (χ0) is 15.7. The molecule has 22 heavy (non-hydrogen) atoms. The molecule has 3 rings (SSSR count). The Morgan fingerprint density at radius 3 is 2.82 bits per heavy atom. The molecule has 2 aliphatic rings. The minimum Gasteiger partial charge on any atom is -0.493 e. The van der Waals surface area contributed by atoms with Gasteiger partial charge in [-0.25, -0.2) is 0 Å². The summed E-state index contributed by atoms with van der Waals surface area (Å²) in [6.07, 6.45) is 1.66. The quantitative estimate of drug-likeness (QED) is 0.789. The lowest BCUT2D eigenvalue weighted by Gasteiger charge is -2.33. The molecule has 1 fully saturated rings. The fraction of sp³-hybridized carbons (Fsp3) is 0.529. The lowest BCUT2D eigenvalue weighted by molar-refractivity contribution is -0.140. The number of amides is 2. The molecule has 1 spiro atoms. The lowest BCUT2D eigenvalue weighted by atomic mass is 9.74. The molecule has 0 aromatic heterocycles. The van der Waals surface area contributed by atoms with Crippen molar-refractivity contribution in [3.63, 3.8) is 0 Å². The molecule has 0 N–H and O–H groups in total. The normalized spacial score (nSPS) is 24.0. The first-order chi connectivity index (χ1) is 10.5. The summed E-state index contributed by atoms with van der Waals surface area (Å²) >= 11 is 0. The molecule has 2 amide bonds. The Labute approximate surface area is 130 Å². The van der Waals surface area contributed by atoms with E-state index in [1.54, 1.807) is 0 Å². The Balaban J connectivity index is 1.85. The van der Waals surface area contributed by atoms with Crippen LogP contribution in [-0.2, 0) is 15.0 Å². The third-order valence-electron chi connectivity index (χ3n) is 4.58. The molecule has 1 aromatic carbocycles. The summed E-state index contributed by atoms with van der Waals surface area (Å²) in [7, 11) is 3.98. The van der Waals surface area contributed by atoms with Gasteiger partial charge in [0.15, 0.2) is 0 Å². The van der Waals surface area contributed by atoms with Crippen molar-refractivity contribution in [2.45, 2.75) is 24.7 Å². The number of para-hydroxylation sites is 1. The first kappa shape index (κ1) is 15.0. The van der Waals surface area contributed by atoms with Gasteiger partial charge in [0.05, 0.1) is 12.0 Å². The fourth-order valence-corrected chi connectivity index (χ4v) is 3.44. The van der Waals surface area contributed by atoms with Gasteiger partial charge in [0.25, 0.3) is 0 Å². The number of imide groups is 1. The van der Waals surface area contributed by atoms with Crippen molar-refractivity contribution >= 4 is 11.8 Å². The topological polar surface area (TPSA) is 49.9 Å². The van der Waals surface area contributed by atoms with Crippen LogP contribution in [0.15, 0.2) is 24.3 Å². The molecule has 2 heterocycles. The van der Waals surface area contributed by atoms with E-state index in [-0.39, 0.29) is 18.2 Å².